The van der Waals surface area contributed by atoms with Crippen molar-refractivity contribution in [2.24, 2.45) is 0 Å². The number of benzene rings is 2. The summed E-state index contributed by atoms with van der Waals surface area (Å²) in [7, 11) is 1.96. The Labute approximate surface area is 149 Å². The first-order valence-corrected chi connectivity index (χ1v) is 8.09. The number of nitro groups is 1. The molecule has 2 aromatic carbocycles. The molecule has 1 aromatic heterocycles. The van der Waals surface area contributed by atoms with Crippen LogP contribution in [0.3, 0.4) is 0 Å². The average Bonchev–Trinajstić information content (AvgIpc) is 3.11. The van der Waals surface area contributed by atoms with Gasteiger partial charge in [-0.05, 0) is 31.2 Å². The Balaban J connectivity index is 1.72. The zero-order valence-electron chi connectivity index (χ0n) is 14.3. The first-order valence-electron chi connectivity index (χ1n) is 8.09. The molecule has 134 valence electrons. The van der Waals surface area contributed by atoms with E-state index in [0.29, 0.717) is 23.9 Å². The second-order valence-electron chi connectivity index (χ2n) is 6.12. The lowest BCUT2D eigenvalue weighted by Gasteiger charge is -2.18. The molecule has 1 N–H and O–H groups in total. The Bertz CT molecular complexity index is 911. The molecule has 0 radical (unpaired) electrons. The molecule has 0 aliphatic rings. The van der Waals surface area contributed by atoms with Crippen molar-refractivity contribution in [1.82, 2.24) is 10.2 Å². The monoisotopic (exact) mass is 357 g/mol. The van der Waals surface area contributed by atoms with Crippen LogP contribution in [0.2, 0.25) is 0 Å². The number of aromatic nitrogens is 2. The molecule has 26 heavy (non-hydrogen) atoms. The molecule has 1 heterocycles. The summed E-state index contributed by atoms with van der Waals surface area (Å²) in [4.78, 5) is 11.3. The molecule has 1 unspecified atom stereocenters. The van der Waals surface area contributed by atoms with Crippen LogP contribution in [-0.2, 0) is 6.54 Å². The number of nitro benzene ring substituents is 1. The molecule has 0 bridgehead atoms. The van der Waals surface area contributed by atoms with Gasteiger partial charge in [0.05, 0.1) is 12.0 Å². The van der Waals surface area contributed by atoms with E-state index in [9.17, 15) is 14.5 Å². The molecule has 0 fully saturated rings. The highest BCUT2D eigenvalue weighted by Gasteiger charge is 2.23. The number of hydrogen-bond acceptors (Lipinski definition) is 5. The number of nitrogens with zero attached hydrogens (tertiary/aromatic N) is 3. The molecular formula is C18H18FN4O3+. The second kappa shape index (κ2) is 7.40. The van der Waals surface area contributed by atoms with Gasteiger partial charge in [0, 0.05) is 23.3 Å². The molecule has 8 heteroatoms. The number of rotatable bonds is 6. The van der Waals surface area contributed by atoms with E-state index in [1.807, 2.05) is 20.0 Å². The van der Waals surface area contributed by atoms with Crippen molar-refractivity contribution >= 4 is 5.69 Å². The van der Waals surface area contributed by atoms with Gasteiger partial charge >= 0.3 is 0 Å². The highest BCUT2D eigenvalue weighted by atomic mass is 19.1. The van der Waals surface area contributed by atoms with Gasteiger partial charge in [-0.15, -0.1) is 10.2 Å². The summed E-state index contributed by atoms with van der Waals surface area (Å²) in [6.07, 6.45) is 0. The lowest BCUT2D eigenvalue weighted by molar-refractivity contribution is -0.925. The minimum Gasteiger partial charge on any atom is -0.415 e. The van der Waals surface area contributed by atoms with Crippen LogP contribution in [0.4, 0.5) is 10.1 Å². The normalized spacial score (nSPS) is 13.3. The van der Waals surface area contributed by atoms with Gasteiger partial charge in [0.2, 0.25) is 5.89 Å². The predicted molar refractivity (Wildman–Crippen MR) is 91.8 cm³/mol. The van der Waals surface area contributed by atoms with Gasteiger partial charge in [0.15, 0.2) is 6.04 Å². The van der Waals surface area contributed by atoms with Crippen LogP contribution >= 0.6 is 0 Å². The van der Waals surface area contributed by atoms with Crippen molar-refractivity contribution in [2.45, 2.75) is 19.5 Å². The topological polar surface area (TPSA) is 86.5 Å². The summed E-state index contributed by atoms with van der Waals surface area (Å²) < 4.78 is 19.0. The average molecular weight is 357 g/mol. The van der Waals surface area contributed by atoms with Crippen LogP contribution < -0.4 is 4.90 Å². The van der Waals surface area contributed by atoms with Gasteiger partial charge in [0.1, 0.15) is 12.4 Å². The van der Waals surface area contributed by atoms with Gasteiger partial charge < -0.3 is 9.32 Å². The maximum atomic E-state index is 13.3. The summed E-state index contributed by atoms with van der Waals surface area (Å²) in [6.45, 7) is 2.55. The third-order valence-electron chi connectivity index (χ3n) is 4.25. The highest BCUT2D eigenvalue weighted by Crippen LogP contribution is 2.22. The number of hydrogen-bond donors (Lipinski definition) is 1. The molecule has 0 spiro atoms. The van der Waals surface area contributed by atoms with Crippen LogP contribution in [0.5, 0.6) is 0 Å². The van der Waals surface area contributed by atoms with E-state index in [4.69, 9.17) is 4.42 Å². The van der Waals surface area contributed by atoms with Crippen LogP contribution in [0.15, 0.2) is 52.9 Å². The van der Waals surface area contributed by atoms with E-state index in [-0.39, 0.29) is 17.5 Å². The van der Waals surface area contributed by atoms with Gasteiger partial charge in [-0.25, -0.2) is 4.39 Å². The quantitative estimate of drug-likeness (QED) is 0.541. The maximum absolute atomic E-state index is 13.3. The van der Waals surface area contributed by atoms with Gasteiger partial charge in [-0.2, -0.15) is 0 Å². The fourth-order valence-corrected chi connectivity index (χ4v) is 2.58. The summed E-state index contributed by atoms with van der Waals surface area (Å²) in [6, 6.07) is 12.3. The van der Waals surface area contributed by atoms with E-state index < -0.39 is 4.92 Å². The van der Waals surface area contributed by atoms with E-state index in [1.165, 1.54) is 24.3 Å². The first-order chi connectivity index (χ1) is 12.4. The van der Waals surface area contributed by atoms with Crippen molar-refractivity contribution < 1.29 is 18.6 Å². The smallest absolute Gasteiger partial charge is 0.274 e. The third kappa shape index (κ3) is 3.92. The van der Waals surface area contributed by atoms with Crippen molar-refractivity contribution in [1.29, 1.82) is 0 Å². The zero-order valence-corrected chi connectivity index (χ0v) is 14.3. The van der Waals surface area contributed by atoms with Gasteiger partial charge in [-0.3, -0.25) is 10.1 Å². The highest BCUT2D eigenvalue weighted by molar-refractivity contribution is 5.55. The van der Waals surface area contributed by atoms with Crippen molar-refractivity contribution in [3.63, 3.8) is 0 Å². The largest absolute Gasteiger partial charge is 0.415 e. The standard InChI is InChI=1S/C18H17FN4O3/c1-12(22(2)11-13-4-3-5-15(19)10-13)17-20-21-18(26-17)14-6-8-16(9-7-14)23(24)25/h3-10,12H,11H2,1-2H3/p+1/t12-/m0/s1. The van der Waals surface area contributed by atoms with Gasteiger partial charge in [-0.1, -0.05) is 12.1 Å². The fourth-order valence-electron chi connectivity index (χ4n) is 2.58. The molecule has 0 saturated carbocycles. The number of nitrogens with one attached hydrogen (secondary N) is 1. The molecule has 0 aliphatic heterocycles. The van der Waals surface area contributed by atoms with E-state index in [0.717, 1.165) is 10.5 Å². The van der Waals surface area contributed by atoms with Crippen molar-refractivity contribution in [3.8, 4) is 11.5 Å². The predicted octanol–water partition coefficient (Wildman–Crippen LogP) is 2.56. The summed E-state index contributed by atoms with van der Waals surface area (Å²) >= 11 is 0. The lowest BCUT2D eigenvalue weighted by atomic mass is 10.2. The second-order valence-corrected chi connectivity index (χ2v) is 6.12. The molecule has 2 atom stereocenters. The van der Waals surface area contributed by atoms with Crippen LogP contribution in [-0.4, -0.2) is 22.2 Å². The Morgan fingerprint density at radius 2 is 1.96 bits per heavy atom. The van der Waals surface area contributed by atoms with E-state index >= 15 is 0 Å². The van der Waals surface area contributed by atoms with E-state index in [2.05, 4.69) is 10.2 Å². The Kier molecular flexibility index (Phi) is 5.04. The maximum Gasteiger partial charge on any atom is 0.274 e. The fraction of sp³-hybridized carbons (Fsp3) is 0.222. The van der Waals surface area contributed by atoms with Crippen LogP contribution in [0.25, 0.3) is 11.5 Å². The SMILES string of the molecule is C[C@@H](c1nnc(-c2ccc([N+](=O)[O-])cc2)o1)[NH+](C)Cc1cccc(F)c1. The summed E-state index contributed by atoms with van der Waals surface area (Å²) in [5.74, 6) is 0.494. The molecular weight excluding hydrogens is 339 g/mol. The number of halogens is 1. The molecule has 3 aromatic rings. The Hall–Kier alpha value is -3.13. The third-order valence-corrected chi connectivity index (χ3v) is 4.25. The van der Waals surface area contributed by atoms with Gasteiger partial charge in [0.25, 0.3) is 11.6 Å². The lowest BCUT2D eigenvalue weighted by Crippen LogP contribution is -3.07. The van der Waals surface area contributed by atoms with Crippen molar-refractivity contribution in [2.75, 3.05) is 7.05 Å². The molecule has 3 rings (SSSR count). The molecule has 0 saturated heterocycles. The summed E-state index contributed by atoms with van der Waals surface area (Å²) in [5.41, 5.74) is 1.50. The molecule has 0 amide bonds. The van der Waals surface area contributed by atoms with E-state index in [1.54, 1.807) is 18.2 Å². The number of non-ortho nitro benzene ring substituents is 1. The zero-order chi connectivity index (χ0) is 18.7. The Morgan fingerprint density at radius 1 is 1.23 bits per heavy atom. The first kappa shape index (κ1) is 17.7. The number of quaternary nitrogens is 1. The molecule has 7 nitrogen and oxygen atoms in total. The van der Waals surface area contributed by atoms with Crippen LogP contribution in [0.1, 0.15) is 24.4 Å². The van der Waals surface area contributed by atoms with Crippen LogP contribution in [0, 0.1) is 15.9 Å². The minimum absolute atomic E-state index is 0.00104. The van der Waals surface area contributed by atoms with Crippen molar-refractivity contribution in [3.05, 3.63) is 75.9 Å². The minimum atomic E-state index is -0.462. The molecule has 0 aliphatic carbocycles. The Morgan fingerprint density at radius 3 is 2.62 bits per heavy atom. The summed E-state index contributed by atoms with van der Waals surface area (Å²) in [5, 5.41) is 18.8.